The summed E-state index contributed by atoms with van der Waals surface area (Å²) in [5, 5.41) is 15.7. The number of carbonyl (C=O) groups is 2. The first-order chi connectivity index (χ1) is 14.4. The molecule has 1 aliphatic rings. The van der Waals surface area contributed by atoms with Crippen LogP contribution in [0.25, 0.3) is 0 Å². The van der Waals surface area contributed by atoms with Crippen LogP contribution in [0.4, 0.5) is 13.2 Å². The fourth-order valence-corrected chi connectivity index (χ4v) is 2.95. The van der Waals surface area contributed by atoms with Crippen molar-refractivity contribution in [1.29, 1.82) is 0 Å². The number of hydrogen-bond acceptors (Lipinski definition) is 5. The van der Waals surface area contributed by atoms with E-state index in [-0.39, 0.29) is 11.3 Å². The van der Waals surface area contributed by atoms with Gasteiger partial charge in [-0.2, -0.15) is 13.2 Å². The topological polar surface area (TPSA) is 101 Å². The Morgan fingerprint density at radius 1 is 1.16 bits per heavy atom. The fraction of sp³-hybridized carbons (Fsp3) is 0.550. The van der Waals surface area contributed by atoms with Crippen molar-refractivity contribution < 1.29 is 27.9 Å². The van der Waals surface area contributed by atoms with E-state index in [9.17, 15) is 18.0 Å². The molecule has 1 saturated heterocycles. The van der Waals surface area contributed by atoms with Crippen LogP contribution in [0.5, 0.6) is 0 Å². The van der Waals surface area contributed by atoms with Gasteiger partial charge in [0.2, 0.25) is 5.91 Å². The third-order valence-electron chi connectivity index (χ3n) is 4.77. The van der Waals surface area contributed by atoms with Crippen LogP contribution in [0.1, 0.15) is 51.0 Å². The maximum Gasteiger partial charge on any atom is 0.490 e. The zero-order valence-corrected chi connectivity index (χ0v) is 17.6. The van der Waals surface area contributed by atoms with E-state index in [2.05, 4.69) is 42.3 Å². The van der Waals surface area contributed by atoms with Gasteiger partial charge in [-0.25, -0.2) is 9.48 Å². The van der Waals surface area contributed by atoms with Crippen LogP contribution in [0.3, 0.4) is 0 Å². The summed E-state index contributed by atoms with van der Waals surface area (Å²) in [4.78, 5) is 27.5. The first-order valence-electron chi connectivity index (χ1n) is 9.78. The number of halogens is 3. The van der Waals surface area contributed by atoms with Gasteiger partial charge in [0.15, 0.2) is 0 Å². The number of pyridine rings is 1. The second-order valence-corrected chi connectivity index (χ2v) is 8.25. The maximum atomic E-state index is 12.4. The summed E-state index contributed by atoms with van der Waals surface area (Å²) in [5.74, 6) is -2.60. The fourth-order valence-electron chi connectivity index (χ4n) is 2.95. The monoisotopic (exact) mass is 441 g/mol. The zero-order chi connectivity index (χ0) is 23.2. The molecule has 3 rings (SSSR count). The molecule has 0 bridgehead atoms. The lowest BCUT2D eigenvalue weighted by atomic mass is 9.93. The molecule has 2 aromatic rings. The molecule has 31 heavy (non-hydrogen) atoms. The number of carbonyl (C=O) groups excluding carboxylic acids is 1. The molecule has 3 heterocycles. The Bertz CT molecular complexity index is 870. The van der Waals surface area contributed by atoms with Crippen molar-refractivity contribution in [2.24, 2.45) is 0 Å². The van der Waals surface area contributed by atoms with Crippen molar-refractivity contribution in [3.8, 4) is 0 Å². The number of likely N-dealkylation sites (tertiary alicyclic amines) is 1. The molecule has 0 spiro atoms. The van der Waals surface area contributed by atoms with Crippen molar-refractivity contribution >= 4 is 11.9 Å². The van der Waals surface area contributed by atoms with Crippen LogP contribution in [0.2, 0.25) is 0 Å². The van der Waals surface area contributed by atoms with Crippen LogP contribution in [0, 0.1) is 0 Å². The number of nitrogens with zero attached hydrogens (tertiary/aromatic N) is 5. The smallest absolute Gasteiger partial charge is 0.475 e. The summed E-state index contributed by atoms with van der Waals surface area (Å²) in [6.45, 7) is 7.95. The van der Waals surface area contributed by atoms with Gasteiger partial charge in [0.05, 0.1) is 18.2 Å². The molecule has 1 amide bonds. The highest BCUT2D eigenvalue weighted by atomic mass is 19.4. The second kappa shape index (κ2) is 9.88. The average molecular weight is 441 g/mol. The van der Waals surface area contributed by atoms with E-state index >= 15 is 0 Å². The summed E-state index contributed by atoms with van der Waals surface area (Å²) in [6, 6.07) is 6.00. The standard InChI is InChI=1S/C18H25N5O.C2HF3O2/c1-18(2,3)16-13-23(21-20-16)15-7-10-22(11-8-15)17(24)12-14-6-4-5-9-19-14;3-2(4,5)1(6)7/h4-6,9,13,15H,7-8,10-12H2,1-3H3;(H,6,7). The predicted molar refractivity (Wildman–Crippen MR) is 105 cm³/mol. The predicted octanol–water partition coefficient (Wildman–Crippen LogP) is 3.01. The van der Waals surface area contributed by atoms with E-state index in [1.807, 2.05) is 27.8 Å². The van der Waals surface area contributed by atoms with Gasteiger partial charge >= 0.3 is 12.1 Å². The third kappa shape index (κ3) is 7.34. The Kier molecular flexibility index (Phi) is 7.75. The van der Waals surface area contributed by atoms with Gasteiger partial charge in [0.25, 0.3) is 0 Å². The number of carboxylic acid groups (broad SMARTS) is 1. The van der Waals surface area contributed by atoms with E-state index in [4.69, 9.17) is 9.90 Å². The van der Waals surface area contributed by atoms with Crippen LogP contribution in [-0.2, 0) is 21.4 Å². The average Bonchev–Trinajstić information content (AvgIpc) is 3.19. The molecule has 0 saturated carbocycles. The molecular weight excluding hydrogens is 415 g/mol. The molecular formula is C20H26F3N5O3. The van der Waals surface area contributed by atoms with Crippen LogP contribution < -0.4 is 0 Å². The Hall–Kier alpha value is -2.98. The van der Waals surface area contributed by atoms with Crippen molar-refractivity contribution in [3.63, 3.8) is 0 Å². The summed E-state index contributed by atoms with van der Waals surface area (Å²) in [5.41, 5.74) is 1.85. The van der Waals surface area contributed by atoms with Crippen molar-refractivity contribution in [1.82, 2.24) is 24.9 Å². The number of amides is 1. The van der Waals surface area contributed by atoms with Crippen molar-refractivity contribution in [3.05, 3.63) is 42.0 Å². The van der Waals surface area contributed by atoms with Crippen LogP contribution >= 0.6 is 0 Å². The number of aromatic nitrogens is 4. The minimum absolute atomic E-state index is 0.0115. The van der Waals surface area contributed by atoms with Gasteiger partial charge in [-0.1, -0.05) is 32.1 Å². The normalized spacial score (nSPS) is 15.2. The van der Waals surface area contributed by atoms with Gasteiger partial charge in [0, 0.05) is 36.6 Å². The molecule has 0 aromatic carbocycles. The quantitative estimate of drug-likeness (QED) is 0.786. The Morgan fingerprint density at radius 2 is 1.77 bits per heavy atom. The first kappa shape index (κ1) is 24.3. The molecule has 0 unspecified atom stereocenters. The van der Waals surface area contributed by atoms with Crippen molar-refractivity contribution in [2.75, 3.05) is 13.1 Å². The lowest BCUT2D eigenvalue weighted by Crippen LogP contribution is -2.40. The SMILES string of the molecule is CC(C)(C)c1cn(C2CCN(C(=O)Cc3ccccn3)CC2)nn1.O=C(O)C(F)(F)F. The van der Waals surface area contributed by atoms with Gasteiger partial charge in [0.1, 0.15) is 0 Å². The minimum atomic E-state index is -5.08. The van der Waals surface area contributed by atoms with Crippen molar-refractivity contribution in [2.45, 2.75) is 57.7 Å². The number of piperidine rings is 1. The van der Waals surface area contributed by atoms with E-state index in [1.54, 1.807) is 6.20 Å². The molecule has 1 N–H and O–H groups in total. The summed E-state index contributed by atoms with van der Waals surface area (Å²) < 4.78 is 33.7. The Balaban J connectivity index is 0.000000423. The molecule has 1 aliphatic heterocycles. The zero-order valence-electron chi connectivity index (χ0n) is 17.6. The molecule has 0 radical (unpaired) electrons. The summed E-state index contributed by atoms with van der Waals surface area (Å²) in [6.07, 6.45) is 0.910. The molecule has 2 aromatic heterocycles. The first-order valence-corrected chi connectivity index (χ1v) is 9.78. The number of aliphatic carboxylic acids is 1. The number of rotatable bonds is 3. The minimum Gasteiger partial charge on any atom is -0.475 e. The lowest BCUT2D eigenvalue weighted by molar-refractivity contribution is -0.192. The third-order valence-corrected chi connectivity index (χ3v) is 4.77. The molecule has 170 valence electrons. The highest BCUT2D eigenvalue weighted by Crippen LogP contribution is 2.25. The van der Waals surface area contributed by atoms with E-state index in [0.29, 0.717) is 12.5 Å². The largest absolute Gasteiger partial charge is 0.490 e. The summed E-state index contributed by atoms with van der Waals surface area (Å²) >= 11 is 0. The number of alkyl halides is 3. The maximum absolute atomic E-state index is 12.4. The molecule has 0 atom stereocenters. The molecule has 1 fully saturated rings. The van der Waals surface area contributed by atoms with E-state index in [0.717, 1.165) is 37.3 Å². The summed E-state index contributed by atoms with van der Waals surface area (Å²) in [7, 11) is 0. The Labute approximate surface area is 178 Å². The molecule has 11 heteroatoms. The highest BCUT2D eigenvalue weighted by molar-refractivity contribution is 5.78. The Morgan fingerprint density at radius 3 is 2.23 bits per heavy atom. The van der Waals surface area contributed by atoms with Gasteiger partial charge in [-0.05, 0) is 25.0 Å². The van der Waals surface area contributed by atoms with E-state index < -0.39 is 12.1 Å². The van der Waals surface area contributed by atoms with E-state index in [1.165, 1.54) is 0 Å². The number of carboxylic acids is 1. The number of hydrogen-bond donors (Lipinski definition) is 1. The molecule has 0 aliphatic carbocycles. The van der Waals surface area contributed by atoms with Crippen LogP contribution in [-0.4, -0.2) is 61.1 Å². The van der Waals surface area contributed by atoms with Crippen LogP contribution in [0.15, 0.2) is 30.6 Å². The lowest BCUT2D eigenvalue weighted by Gasteiger charge is -2.31. The molecule has 8 nitrogen and oxygen atoms in total. The van der Waals surface area contributed by atoms with Gasteiger partial charge < -0.3 is 10.0 Å². The highest BCUT2D eigenvalue weighted by Gasteiger charge is 2.38. The van der Waals surface area contributed by atoms with Gasteiger partial charge in [-0.3, -0.25) is 9.78 Å². The van der Waals surface area contributed by atoms with Gasteiger partial charge in [-0.15, -0.1) is 5.10 Å². The second-order valence-electron chi connectivity index (χ2n) is 8.25.